The number of hydrogen-bond donors (Lipinski definition) is 1. The summed E-state index contributed by atoms with van der Waals surface area (Å²) < 4.78 is 9.81. The fourth-order valence-electron chi connectivity index (χ4n) is 20.7. The molecule has 4 aromatic heterocycles. The van der Waals surface area contributed by atoms with Crippen molar-refractivity contribution >= 4 is 62.9 Å². The SMILES string of the molecule is Clc1nc(-c2ccccc2)nc(-c2ccc3c4ccccc4n(-c4ccccc4)c3c2)n1.O[B]Oc1cccc(-c2ccc3c(c2)-c2ccccc2C32c3ccccc3-c3ccccc32)c1.c1ccc(-c2nc(-c3cccc(-c4ccc5c(c4)-c4ccccc4C54c5ccccc5-c5ccccc54)c3)nc(-c3ccc4c5ccccc5n(-c5ccccc5)c4c3)n2)cc1. The molecule has 2 spiro atoms. The van der Waals surface area contributed by atoms with Gasteiger partial charge in [-0.2, -0.15) is 9.97 Å². The number of halogens is 1. The van der Waals surface area contributed by atoms with E-state index in [1.807, 2.05) is 78.9 Å². The van der Waals surface area contributed by atoms with E-state index in [0.717, 1.165) is 91.2 Å². The highest BCUT2D eigenvalue weighted by atomic mass is 35.5. The number of para-hydroxylation sites is 4. The van der Waals surface area contributed by atoms with Crippen molar-refractivity contribution in [2.45, 2.75) is 10.8 Å². The first-order valence-electron chi connectivity index (χ1n) is 43.0. The second-order valence-corrected chi connectivity index (χ2v) is 33.1. The molecule has 0 aliphatic heterocycles. The third-order valence-corrected chi connectivity index (χ3v) is 26.2. The molecule has 18 aromatic carbocycles. The Hall–Kier alpha value is -16.3. The van der Waals surface area contributed by atoms with E-state index < -0.39 is 0 Å². The van der Waals surface area contributed by atoms with Gasteiger partial charge in [0.2, 0.25) is 5.28 Å². The summed E-state index contributed by atoms with van der Waals surface area (Å²) >= 11 is 6.29. The van der Waals surface area contributed by atoms with Gasteiger partial charge in [0.1, 0.15) is 5.75 Å². The normalized spacial score (nSPS) is 12.7. The van der Waals surface area contributed by atoms with Gasteiger partial charge in [0.05, 0.1) is 32.9 Å². The van der Waals surface area contributed by atoms with Gasteiger partial charge in [-0.1, -0.05) is 358 Å². The highest BCUT2D eigenvalue weighted by Gasteiger charge is 2.53. The molecular weight excluding hydrogens is 1580 g/mol. The molecule has 0 amide bonds. The summed E-state index contributed by atoms with van der Waals surface area (Å²) in [4.78, 5) is 29.0. The molecule has 4 aliphatic carbocycles. The Balaban J connectivity index is 0.000000117. The molecule has 1 N–H and O–H groups in total. The number of benzene rings is 18. The third-order valence-electron chi connectivity index (χ3n) is 26.0. The van der Waals surface area contributed by atoms with E-state index >= 15 is 0 Å². The molecule has 0 unspecified atom stereocenters. The van der Waals surface area contributed by atoms with Crippen molar-refractivity contribution in [2.75, 3.05) is 0 Å². The van der Waals surface area contributed by atoms with Gasteiger partial charge < -0.3 is 18.8 Å². The van der Waals surface area contributed by atoms with Crippen molar-refractivity contribution in [3.63, 3.8) is 0 Å². The zero-order valence-corrected chi connectivity index (χ0v) is 69.7. The van der Waals surface area contributed by atoms with Crippen molar-refractivity contribution in [3.05, 3.63) is 487 Å². The van der Waals surface area contributed by atoms with Crippen LogP contribution < -0.4 is 4.65 Å². The third kappa shape index (κ3) is 12.1. The minimum atomic E-state index is -0.368. The van der Waals surface area contributed by atoms with Gasteiger partial charge in [-0.05, 0) is 202 Å². The van der Waals surface area contributed by atoms with Crippen molar-refractivity contribution < 1.29 is 9.68 Å². The monoisotopic (exact) mass is 1660 g/mol. The fourth-order valence-corrected chi connectivity index (χ4v) is 20.8. The minimum absolute atomic E-state index is 0.178. The van der Waals surface area contributed by atoms with Crippen LogP contribution in [-0.4, -0.2) is 51.7 Å². The topological polar surface area (TPSA) is 117 Å². The van der Waals surface area contributed by atoms with Gasteiger partial charge in [0, 0.05) is 60.7 Å². The summed E-state index contributed by atoms with van der Waals surface area (Å²) in [5.74, 6) is 3.61. The molecule has 4 aliphatic rings. The maximum absolute atomic E-state index is 9.05. The number of aromatic nitrogens is 8. The molecule has 0 saturated heterocycles. The lowest BCUT2D eigenvalue weighted by molar-refractivity contribution is 0.454. The van der Waals surface area contributed by atoms with Gasteiger partial charge in [-0.3, -0.25) is 0 Å². The van der Waals surface area contributed by atoms with Gasteiger partial charge in [0.15, 0.2) is 29.1 Å². The average Bonchev–Trinajstić information content (AvgIpc) is 1.51. The average molecular weight is 1660 g/mol. The molecule has 4 heterocycles. The first kappa shape index (κ1) is 75.4. The summed E-state index contributed by atoms with van der Waals surface area (Å²) in [5.41, 5.74) is 36.1. The molecule has 0 saturated carbocycles. The highest BCUT2D eigenvalue weighted by molar-refractivity contribution is 6.28. The Kier molecular flexibility index (Phi) is 18.2. The van der Waals surface area contributed by atoms with E-state index in [1.165, 1.54) is 111 Å². The van der Waals surface area contributed by atoms with E-state index in [4.69, 9.17) is 41.2 Å². The van der Waals surface area contributed by atoms with Crippen LogP contribution in [0.3, 0.4) is 0 Å². The van der Waals surface area contributed by atoms with E-state index in [1.54, 1.807) is 0 Å². The van der Waals surface area contributed by atoms with Crippen molar-refractivity contribution in [3.8, 4) is 141 Å². The Bertz CT molecular complexity index is 8110. The quantitative estimate of drug-likeness (QED) is 0.127. The van der Waals surface area contributed by atoms with E-state index in [0.29, 0.717) is 34.9 Å². The lowest BCUT2D eigenvalue weighted by atomic mass is 9.70. The first-order chi connectivity index (χ1) is 63.3. The smallest absolute Gasteiger partial charge is 0.537 e. The molecule has 128 heavy (non-hydrogen) atoms. The maximum atomic E-state index is 9.05. The second-order valence-electron chi connectivity index (χ2n) is 32.8. The Morgan fingerprint density at radius 1 is 0.219 bits per heavy atom. The number of rotatable bonds is 11. The first-order valence-corrected chi connectivity index (χ1v) is 43.4. The Morgan fingerprint density at radius 2 is 0.500 bits per heavy atom. The van der Waals surface area contributed by atoms with E-state index in [-0.39, 0.29) is 16.1 Å². The zero-order valence-electron chi connectivity index (χ0n) is 69.0. The highest BCUT2D eigenvalue weighted by Crippen LogP contribution is 2.65. The molecule has 26 rings (SSSR count). The predicted octanol–water partition coefficient (Wildman–Crippen LogP) is 27.5. The molecule has 1 radical (unpaired) electrons. The summed E-state index contributed by atoms with van der Waals surface area (Å²) in [6.07, 6.45) is 0. The van der Waals surface area contributed by atoms with E-state index in [2.05, 4.69) is 377 Å². The molecule has 0 atom stereocenters. The number of nitrogens with zero attached hydrogens (tertiary/aromatic N) is 8. The van der Waals surface area contributed by atoms with Gasteiger partial charge >= 0.3 is 7.69 Å². The van der Waals surface area contributed by atoms with Crippen LogP contribution in [0.25, 0.3) is 179 Å². The number of hydrogen-bond acceptors (Lipinski definition) is 8. The zero-order chi connectivity index (χ0) is 85.0. The maximum Gasteiger partial charge on any atom is 0.569 e. The predicted molar refractivity (Wildman–Crippen MR) is 519 cm³/mol. The van der Waals surface area contributed by atoms with Gasteiger partial charge in [-0.15, -0.1) is 0 Å². The summed E-state index contributed by atoms with van der Waals surface area (Å²) in [6, 6.07) is 155. The van der Waals surface area contributed by atoms with Crippen molar-refractivity contribution in [2.24, 2.45) is 0 Å². The largest absolute Gasteiger partial charge is 0.569 e. The lowest BCUT2D eigenvalue weighted by Gasteiger charge is -2.30. The van der Waals surface area contributed by atoms with Crippen LogP contribution >= 0.6 is 11.6 Å². The van der Waals surface area contributed by atoms with Crippen LogP contribution in [0.5, 0.6) is 5.75 Å². The van der Waals surface area contributed by atoms with E-state index in [9.17, 15) is 0 Å². The van der Waals surface area contributed by atoms with Crippen LogP contribution in [0.2, 0.25) is 5.28 Å². The Morgan fingerprint density at radius 3 is 0.914 bits per heavy atom. The minimum Gasteiger partial charge on any atom is -0.537 e. The summed E-state index contributed by atoms with van der Waals surface area (Å²) in [6.45, 7) is 0. The lowest BCUT2D eigenvalue weighted by Crippen LogP contribution is -2.25. The number of fused-ring (bicyclic) bond motifs is 26. The molecule has 12 heteroatoms. The summed E-state index contributed by atoms with van der Waals surface area (Å²) in [7, 11) is 0.719. The van der Waals surface area contributed by atoms with Crippen LogP contribution in [0.4, 0.5) is 0 Å². The standard InChI is InChI=1S/C58H36N4.C31H20BO2.C27H17ClN4/c1-3-16-37(17-4-1)55-59-56(61-57(60-55)41-30-32-47-46-25-10-14-29-53(46)62(54(47)36-41)42-20-5-2-6-21-42)40-19-15-18-38(34-40)39-31-33-52-48(35-39)45-24-9-13-28-51(45)58(52)49-26-11-7-22-43(49)44-23-8-12-27-50(44)58;33-32-34-22-9-7-8-20(18-22)21-16-17-30-26(19-21)25-12-3-6-15-29(25)31(30)27-13-4-1-10-23(27)24-11-2-5-14-28(24)31;28-27-30-25(18-9-3-1-4-10-18)29-26(31-27)19-15-16-22-21-13-7-8-14-23(21)32(24(22)17-19)20-11-5-2-6-12-20/h1-36H;1-19,33H;1-17H. The summed E-state index contributed by atoms with van der Waals surface area (Å²) in [5, 5.41) is 14.0. The molecule has 22 aromatic rings. The van der Waals surface area contributed by atoms with Crippen molar-refractivity contribution in [1.82, 2.24) is 39.0 Å². The van der Waals surface area contributed by atoms with Crippen LogP contribution in [0.15, 0.2) is 437 Å². The van der Waals surface area contributed by atoms with Gasteiger partial charge in [-0.25, -0.2) is 19.9 Å². The van der Waals surface area contributed by atoms with Crippen LogP contribution in [0, 0.1) is 0 Å². The van der Waals surface area contributed by atoms with Crippen LogP contribution in [0.1, 0.15) is 44.5 Å². The molecule has 0 fully saturated rings. The fraction of sp³-hybridized carbons (Fsp3) is 0.0172. The van der Waals surface area contributed by atoms with Gasteiger partial charge in [0.25, 0.3) is 0 Å². The second kappa shape index (κ2) is 30.9. The van der Waals surface area contributed by atoms with Crippen molar-refractivity contribution in [1.29, 1.82) is 0 Å². The molecule has 0 bridgehead atoms. The Labute approximate surface area is 744 Å². The molecule has 10 nitrogen and oxygen atoms in total. The van der Waals surface area contributed by atoms with Crippen LogP contribution in [-0.2, 0) is 10.8 Å². The molecular formula is C116H73BClN8O2. The molecule has 599 valence electrons.